The Balaban J connectivity index is 2.30. The summed E-state index contributed by atoms with van der Waals surface area (Å²) in [5.74, 6) is -0.684. The Labute approximate surface area is 182 Å². The van der Waals surface area contributed by atoms with Crippen LogP contribution in [0, 0.1) is 0 Å². The van der Waals surface area contributed by atoms with Crippen molar-refractivity contribution in [3.05, 3.63) is 63.6 Å². The van der Waals surface area contributed by atoms with Gasteiger partial charge in [0.05, 0.1) is 22.5 Å². The number of nitrogens with one attached hydrogen (secondary N) is 1. The fourth-order valence-electron chi connectivity index (χ4n) is 2.85. The van der Waals surface area contributed by atoms with Crippen LogP contribution in [0.3, 0.4) is 0 Å². The summed E-state index contributed by atoms with van der Waals surface area (Å²) < 4.78 is 64.3. The first-order valence-electron chi connectivity index (χ1n) is 8.73. The highest BCUT2D eigenvalue weighted by Crippen LogP contribution is 2.33. The standard InChI is InChI=1S/C19H19Cl2F3N2O3S/c1-3-16(26(30(2,28)29)17-10-14(20)7-8-15(17)21)18(27)25-11-12-5-4-6-13(9-12)19(22,23)24/h4-10,16H,3,11H2,1-2H3,(H,25,27). The van der Waals surface area contributed by atoms with E-state index in [-0.39, 0.29) is 34.3 Å². The van der Waals surface area contributed by atoms with Crippen molar-refractivity contribution in [2.24, 2.45) is 0 Å². The molecule has 0 aromatic heterocycles. The lowest BCUT2D eigenvalue weighted by molar-refractivity contribution is -0.137. The summed E-state index contributed by atoms with van der Waals surface area (Å²) in [6, 6.07) is 7.54. The summed E-state index contributed by atoms with van der Waals surface area (Å²) in [6.07, 6.45) is -3.50. The van der Waals surface area contributed by atoms with E-state index in [9.17, 15) is 26.4 Å². The van der Waals surface area contributed by atoms with Crippen LogP contribution in [-0.4, -0.2) is 26.6 Å². The van der Waals surface area contributed by atoms with Crippen LogP contribution in [0.4, 0.5) is 18.9 Å². The zero-order chi connectivity index (χ0) is 22.7. The molecule has 0 heterocycles. The van der Waals surface area contributed by atoms with Gasteiger partial charge < -0.3 is 5.32 Å². The molecule has 1 unspecified atom stereocenters. The van der Waals surface area contributed by atoms with E-state index in [1.54, 1.807) is 6.92 Å². The maximum atomic E-state index is 12.9. The lowest BCUT2D eigenvalue weighted by Gasteiger charge is -2.30. The lowest BCUT2D eigenvalue weighted by Crippen LogP contribution is -2.49. The van der Waals surface area contributed by atoms with Crippen LogP contribution in [0.25, 0.3) is 0 Å². The van der Waals surface area contributed by atoms with Crippen molar-refractivity contribution in [1.82, 2.24) is 5.32 Å². The molecule has 0 radical (unpaired) electrons. The molecule has 0 saturated heterocycles. The number of nitrogens with zero attached hydrogens (tertiary/aromatic N) is 1. The van der Waals surface area contributed by atoms with E-state index in [1.807, 2.05) is 0 Å². The first-order valence-corrected chi connectivity index (χ1v) is 11.3. The number of carbonyl (C=O) groups excluding carboxylic acids is 1. The van der Waals surface area contributed by atoms with Gasteiger partial charge in [0.2, 0.25) is 15.9 Å². The van der Waals surface area contributed by atoms with Crippen LogP contribution < -0.4 is 9.62 Å². The number of hydrogen-bond acceptors (Lipinski definition) is 3. The Morgan fingerprint density at radius 3 is 2.40 bits per heavy atom. The number of hydrogen-bond donors (Lipinski definition) is 1. The number of sulfonamides is 1. The fourth-order valence-corrected chi connectivity index (χ4v) is 4.50. The van der Waals surface area contributed by atoms with E-state index in [0.29, 0.717) is 0 Å². The van der Waals surface area contributed by atoms with Crippen molar-refractivity contribution in [2.45, 2.75) is 32.1 Å². The van der Waals surface area contributed by atoms with Crippen LogP contribution in [0.15, 0.2) is 42.5 Å². The first kappa shape index (κ1) is 24.3. The molecule has 11 heteroatoms. The summed E-state index contributed by atoms with van der Waals surface area (Å²) >= 11 is 12.1. The molecule has 1 amide bonds. The molecule has 30 heavy (non-hydrogen) atoms. The monoisotopic (exact) mass is 482 g/mol. The van der Waals surface area contributed by atoms with Crippen LogP contribution in [0.2, 0.25) is 10.0 Å². The predicted molar refractivity (Wildman–Crippen MR) is 111 cm³/mol. The van der Waals surface area contributed by atoms with Gasteiger partial charge >= 0.3 is 6.18 Å². The molecule has 0 spiro atoms. The number of carbonyl (C=O) groups is 1. The molecular formula is C19H19Cl2F3N2O3S. The molecule has 0 aliphatic heterocycles. The fraction of sp³-hybridized carbons (Fsp3) is 0.316. The molecule has 0 aliphatic rings. The van der Waals surface area contributed by atoms with Crippen molar-refractivity contribution in [3.63, 3.8) is 0 Å². The van der Waals surface area contributed by atoms with Crippen LogP contribution in [-0.2, 0) is 27.5 Å². The second-order valence-electron chi connectivity index (χ2n) is 6.49. The highest BCUT2D eigenvalue weighted by molar-refractivity contribution is 7.92. The van der Waals surface area contributed by atoms with E-state index in [1.165, 1.54) is 30.3 Å². The summed E-state index contributed by atoms with van der Waals surface area (Å²) in [7, 11) is -3.94. The molecule has 1 atom stereocenters. The quantitative estimate of drug-likeness (QED) is 0.611. The summed E-state index contributed by atoms with van der Waals surface area (Å²) in [5, 5.41) is 2.80. The topological polar surface area (TPSA) is 66.5 Å². The number of alkyl halides is 3. The van der Waals surface area contributed by atoms with Crippen molar-refractivity contribution >= 4 is 44.8 Å². The third-order valence-corrected chi connectivity index (χ3v) is 5.92. The van der Waals surface area contributed by atoms with Crippen LogP contribution >= 0.6 is 23.2 Å². The van der Waals surface area contributed by atoms with Crippen molar-refractivity contribution in [3.8, 4) is 0 Å². The molecule has 2 rings (SSSR count). The van der Waals surface area contributed by atoms with Gasteiger partial charge in [-0.1, -0.05) is 42.3 Å². The minimum absolute atomic E-state index is 0.0349. The second kappa shape index (κ2) is 9.45. The third kappa shape index (κ3) is 6.02. The molecule has 2 aromatic rings. The average molecular weight is 483 g/mol. The van der Waals surface area contributed by atoms with Crippen molar-refractivity contribution < 1.29 is 26.4 Å². The van der Waals surface area contributed by atoms with E-state index >= 15 is 0 Å². The maximum Gasteiger partial charge on any atom is 0.416 e. The third-order valence-electron chi connectivity index (χ3n) is 4.20. The smallest absolute Gasteiger partial charge is 0.350 e. The molecule has 164 valence electrons. The Kier molecular flexibility index (Phi) is 7.65. The van der Waals surface area contributed by atoms with Gasteiger partial charge in [0.1, 0.15) is 6.04 Å². The van der Waals surface area contributed by atoms with Gasteiger partial charge in [-0.3, -0.25) is 9.10 Å². The number of amides is 1. The van der Waals surface area contributed by atoms with Gasteiger partial charge in [-0.25, -0.2) is 8.42 Å². The zero-order valence-corrected chi connectivity index (χ0v) is 18.3. The Morgan fingerprint density at radius 1 is 1.17 bits per heavy atom. The molecule has 2 aromatic carbocycles. The summed E-state index contributed by atoms with van der Waals surface area (Å²) in [5.41, 5.74) is -0.586. The van der Waals surface area contributed by atoms with Crippen LogP contribution in [0.5, 0.6) is 0 Å². The van der Waals surface area contributed by atoms with Gasteiger partial charge in [0.15, 0.2) is 0 Å². The molecule has 0 saturated carbocycles. The van der Waals surface area contributed by atoms with Gasteiger partial charge in [-0.2, -0.15) is 13.2 Å². The van der Waals surface area contributed by atoms with E-state index in [4.69, 9.17) is 23.2 Å². The maximum absolute atomic E-state index is 12.9. The molecular weight excluding hydrogens is 464 g/mol. The van der Waals surface area contributed by atoms with E-state index in [2.05, 4.69) is 5.32 Å². The van der Waals surface area contributed by atoms with Crippen LogP contribution in [0.1, 0.15) is 24.5 Å². The minimum Gasteiger partial charge on any atom is -0.350 e. The van der Waals surface area contributed by atoms with Gasteiger partial charge in [-0.15, -0.1) is 0 Å². The number of halogens is 5. The molecule has 5 nitrogen and oxygen atoms in total. The SMILES string of the molecule is CCC(C(=O)NCc1cccc(C(F)(F)F)c1)N(c1cc(Cl)ccc1Cl)S(C)(=O)=O. The van der Waals surface area contributed by atoms with Crippen molar-refractivity contribution in [1.29, 1.82) is 0 Å². The highest BCUT2D eigenvalue weighted by Gasteiger charge is 2.33. The number of benzene rings is 2. The second-order valence-corrected chi connectivity index (χ2v) is 9.20. The summed E-state index contributed by atoms with van der Waals surface area (Å²) in [4.78, 5) is 12.8. The normalized spacial score (nSPS) is 13.0. The van der Waals surface area contributed by atoms with E-state index < -0.39 is 33.7 Å². The molecule has 0 bridgehead atoms. The predicted octanol–water partition coefficient (Wildman–Crippen LogP) is 4.87. The molecule has 0 fully saturated rings. The lowest BCUT2D eigenvalue weighted by atomic mass is 10.1. The van der Waals surface area contributed by atoms with Gasteiger partial charge in [0, 0.05) is 11.6 Å². The average Bonchev–Trinajstić information content (AvgIpc) is 2.65. The van der Waals surface area contributed by atoms with E-state index in [0.717, 1.165) is 22.7 Å². The van der Waals surface area contributed by atoms with Gasteiger partial charge in [-0.05, 0) is 42.3 Å². The molecule has 0 aliphatic carbocycles. The largest absolute Gasteiger partial charge is 0.416 e. The number of rotatable bonds is 7. The Bertz CT molecular complexity index is 1030. The summed E-state index contributed by atoms with van der Waals surface area (Å²) in [6.45, 7) is 1.39. The van der Waals surface area contributed by atoms with Crippen molar-refractivity contribution in [2.75, 3.05) is 10.6 Å². The Morgan fingerprint density at radius 2 is 1.83 bits per heavy atom. The minimum atomic E-state index is -4.51. The zero-order valence-electron chi connectivity index (χ0n) is 16.0. The molecule has 1 N–H and O–H groups in total. The van der Waals surface area contributed by atoms with Gasteiger partial charge in [0.25, 0.3) is 0 Å². The first-order chi connectivity index (χ1) is 13.8. The number of anilines is 1. The Hall–Kier alpha value is -1.97. The highest BCUT2D eigenvalue weighted by atomic mass is 35.5.